The molecule has 0 N–H and O–H groups in total. The third kappa shape index (κ3) is 6.57. The van der Waals surface area contributed by atoms with Crippen LogP contribution in [0.15, 0.2) is 18.2 Å². The molecule has 4 heteroatoms. The van der Waals surface area contributed by atoms with Gasteiger partial charge in [0.25, 0.3) is 0 Å². The Morgan fingerprint density at radius 3 is 2.35 bits per heavy atom. The van der Waals surface area contributed by atoms with Crippen LogP contribution in [0.25, 0.3) is 0 Å². The lowest BCUT2D eigenvalue weighted by molar-refractivity contribution is -0.148. The van der Waals surface area contributed by atoms with Gasteiger partial charge in [-0.3, -0.25) is 9.69 Å². The highest BCUT2D eigenvalue weighted by Crippen LogP contribution is 2.15. The van der Waals surface area contributed by atoms with E-state index in [-0.39, 0.29) is 18.6 Å². The molecule has 0 spiro atoms. The molecule has 0 unspecified atom stereocenters. The second-order valence-corrected chi connectivity index (χ2v) is 5.45. The fourth-order valence-corrected chi connectivity index (χ4v) is 1.94. The normalized spacial score (nSPS) is 10.9. The first kappa shape index (κ1) is 16.5. The largest absolute Gasteiger partial charge is 0.492 e. The van der Waals surface area contributed by atoms with E-state index in [0.717, 1.165) is 5.75 Å². The molecule has 0 aliphatic rings. The van der Waals surface area contributed by atoms with E-state index in [2.05, 4.69) is 6.07 Å². The number of esters is 1. The summed E-state index contributed by atoms with van der Waals surface area (Å²) in [6.07, 6.45) is -0.0672. The van der Waals surface area contributed by atoms with E-state index in [1.807, 2.05) is 51.8 Å². The van der Waals surface area contributed by atoms with Crippen molar-refractivity contribution in [3.8, 4) is 5.75 Å². The van der Waals surface area contributed by atoms with Crippen molar-refractivity contribution >= 4 is 5.97 Å². The van der Waals surface area contributed by atoms with Gasteiger partial charge in [-0.2, -0.15) is 0 Å². The molecule has 0 saturated carbocycles. The number of benzene rings is 1. The van der Waals surface area contributed by atoms with Crippen molar-refractivity contribution in [3.05, 3.63) is 29.3 Å². The summed E-state index contributed by atoms with van der Waals surface area (Å²) in [5.74, 6) is 0.676. The maximum absolute atomic E-state index is 11.5. The zero-order chi connectivity index (χ0) is 15.1. The molecule has 1 rings (SSSR count). The average Bonchev–Trinajstić information content (AvgIpc) is 2.25. The van der Waals surface area contributed by atoms with Gasteiger partial charge >= 0.3 is 5.97 Å². The highest BCUT2D eigenvalue weighted by molar-refractivity contribution is 5.71. The van der Waals surface area contributed by atoms with Crippen LogP contribution < -0.4 is 4.74 Å². The Bertz CT molecular complexity index is 423. The van der Waals surface area contributed by atoms with E-state index in [1.54, 1.807) is 0 Å². The van der Waals surface area contributed by atoms with Gasteiger partial charge in [0.1, 0.15) is 12.4 Å². The third-order valence-corrected chi connectivity index (χ3v) is 2.70. The molecule has 0 fully saturated rings. The number of hydrogen-bond donors (Lipinski definition) is 0. The lowest BCUT2D eigenvalue weighted by Gasteiger charge is -2.17. The van der Waals surface area contributed by atoms with E-state index in [4.69, 9.17) is 9.47 Å². The number of rotatable bonds is 7. The topological polar surface area (TPSA) is 38.8 Å². The molecule has 0 aliphatic heterocycles. The molecule has 4 nitrogen and oxygen atoms in total. The van der Waals surface area contributed by atoms with Gasteiger partial charge in [-0.05, 0) is 58.0 Å². The van der Waals surface area contributed by atoms with Crippen LogP contribution in [0.2, 0.25) is 0 Å². The molecule has 112 valence electrons. The van der Waals surface area contributed by atoms with Crippen molar-refractivity contribution in [1.29, 1.82) is 0 Å². The van der Waals surface area contributed by atoms with Crippen LogP contribution in [0.5, 0.6) is 5.75 Å². The third-order valence-electron chi connectivity index (χ3n) is 2.70. The van der Waals surface area contributed by atoms with Crippen LogP contribution in [-0.4, -0.2) is 43.7 Å². The predicted molar refractivity (Wildman–Crippen MR) is 80.1 cm³/mol. The minimum atomic E-state index is -0.200. The molecule has 1 aromatic carbocycles. The summed E-state index contributed by atoms with van der Waals surface area (Å²) in [7, 11) is 1.88. The van der Waals surface area contributed by atoms with Gasteiger partial charge in [0.2, 0.25) is 0 Å². The van der Waals surface area contributed by atoms with Crippen LogP contribution in [0.4, 0.5) is 0 Å². The molecular weight excluding hydrogens is 254 g/mol. The lowest BCUT2D eigenvalue weighted by Crippen LogP contribution is -2.32. The summed E-state index contributed by atoms with van der Waals surface area (Å²) in [6, 6.07) is 6.14. The van der Waals surface area contributed by atoms with Crippen LogP contribution in [0, 0.1) is 13.8 Å². The van der Waals surface area contributed by atoms with Crippen LogP contribution >= 0.6 is 0 Å². The molecule has 0 aliphatic carbocycles. The maximum atomic E-state index is 11.5. The first-order chi connectivity index (χ1) is 9.36. The average molecular weight is 279 g/mol. The van der Waals surface area contributed by atoms with E-state index in [0.29, 0.717) is 13.2 Å². The standard InChI is InChI=1S/C16H25NO3/c1-12(2)20-16(18)11-17(5)6-7-19-15-9-13(3)8-14(4)10-15/h8-10,12H,6-7,11H2,1-5H3. The van der Waals surface area contributed by atoms with Crippen molar-refractivity contribution in [1.82, 2.24) is 4.90 Å². The second kappa shape index (κ2) is 7.90. The number of carbonyl (C=O) groups is 1. The summed E-state index contributed by atoms with van der Waals surface area (Å²) in [5, 5.41) is 0. The zero-order valence-electron chi connectivity index (χ0n) is 13.1. The number of nitrogens with zero attached hydrogens (tertiary/aromatic N) is 1. The Kier molecular flexibility index (Phi) is 6.52. The summed E-state index contributed by atoms with van der Waals surface area (Å²) < 4.78 is 10.8. The first-order valence-electron chi connectivity index (χ1n) is 6.96. The molecule has 0 aromatic heterocycles. The summed E-state index contributed by atoms with van der Waals surface area (Å²) >= 11 is 0. The second-order valence-electron chi connectivity index (χ2n) is 5.45. The molecular formula is C16H25NO3. The molecule has 0 bridgehead atoms. The maximum Gasteiger partial charge on any atom is 0.320 e. The molecule has 1 aromatic rings. The Balaban J connectivity index is 2.31. The molecule has 20 heavy (non-hydrogen) atoms. The number of hydrogen-bond acceptors (Lipinski definition) is 4. The number of aryl methyl sites for hydroxylation is 2. The van der Waals surface area contributed by atoms with Crippen molar-refractivity contribution in [3.63, 3.8) is 0 Å². The van der Waals surface area contributed by atoms with Crippen molar-refractivity contribution in [2.45, 2.75) is 33.8 Å². The molecule has 0 amide bonds. The zero-order valence-corrected chi connectivity index (χ0v) is 13.1. The Hall–Kier alpha value is -1.55. The van der Waals surface area contributed by atoms with Crippen LogP contribution in [0.1, 0.15) is 25.0 Å². The summed E-state index contributed by atoms with van der Waals surface area (Å²) in [5.41, 5.74) is 2.38. The monoisotopic (exact) mass is 279 g/mol. The van der Waals surface area contributed by atoms with Gasteiger partial charge in [0, 0.05) is 6.54 Å². The summed E-state index contributed by atoms with van der Waals surface area (Å²) in [6.45, 7) is 9.31. The van der Waals surface area contributed by atoms with Gasteiger partial charge in [-0.15, -0.1) is 0 Å². The SMILES string of the molecule is Cc1cc(C)cc(OCCN(C)CC(=O)OC(C)C)c1. The predicted octanol–water partition coefficient (Wildman–Crippen LogP) is 2.57. The Labute approximate surface area is 121 Å². The highest BCUT2D eigenvalue weighted by Gasteiger charge is 2.09. The van der Waals surface area contributed by atoms with E-state index in [9.17, 15) is 4.79 Å². The highest BCUT2D eigenvalue weighted by atomic mass is 16.5. The minimum absolute atomic E-state index is 0.0672. The fraction of sp³-hybridized carbons (Fsp3) is 0.562. The minimum Gasteiger partial charge on any atom is -0.492 e. The number of ether oxygens (including phenoxy) is 2. The smallest absolute Gasteiger partial charge is 0.320 e. The number of carbonyl (C=O) groups excluding carboxylic acids is 1. The van der Waals surface area contributed by atoms with Crippen molar-refractivity contribution in [2.24, 2.45) is 0 Å². The Morgan fingerprint density at radius 2 is 1.80 bits per heavy atom. The number of likely N-dealkylation sites (N-methyl/N-ethyl adjacent to an activating group) is 1. The van der Waals surface area contributed by atoms with Gasteiger partial charge in [-0.1, -0.05) is 6.07 Å². The van der Waals surface area contributed by atoms with E-state index >= 15 is 0 Å². The lowest BCUT2D eigenvalue weighted by atomic mass is 10.1. The quantitative estimate of drug-likeness (QED) is 0.719. The van der Waals surface area contributed by atoms with Crippen molar-refractivity contribution < 1.29 is 14.3 Å². The first-order valence-corrected chi connectivity index (χ1v) is 6.96. The van der Waals surface area contributed by atoms with E-state index in [1.165, 1.54) is 11.1 Å². The molecule has 0 radical (unpaired) electrons. The van der Waals surface area contributed by atoms with E-state index < -0.39 is 0 Å². The van der Waals surface area contributed by atoms with Gasteiger partial charge in [0.05, 0.1) is 12.6 Å². The molecule has 0 atom stereocenters. The van der Waals surface area contributed by atoms with Gasteiger partial charge < -0.3 is 9.47 Å². The van der Waals surface area contributed by atoms with Crippen LogP contribution in [0.3, 0.4) is 0 Å². The molecule has 0 heterocycles. The molecule has 0 saturated heterocycles. The van der Waals surface area contributed by atoms with Crippen LogP contribution in [-0.2, 0) is 9.53 Å². The van der Waals surface area contributed by atoms with Crippen molar-refractivity contribution in [2.75, 3.05) is 26.7 Å². The Morgan fingerprint density at radius 1 is 1.20 bits per heavy atom. The summed E-state index contributed by atoms with van der Waals surface area (Å²) in [4.78, 5) is 13.4. The fourth-order valence-electron chi connectivity index (χ4n) is 1.94. The van der Waals surface area contributed by atoms with Gasteiger partial charge in [0.15, 0.2) is 0 Å². The van der Waals surface area contributed by atoms with Gasteiger partial charge in [-0.25, -0.2) is 0 Å².